The Morgan fingerprint density at radius 3 is 2.38 bits per heavy atom. The maximum Gasteiger partial charge on any atom is 0.335 e. The summed E-state index contributed by atoms with van der Waals surface area (Å²) in [6.45, 7) is 0. The number of hydrogen-bond donors (Lipinski definition) is 3. The first-order valence-corrected chi connectivity index (χ1v) is 6.47. The molecule has 0 atom stereocenters. The number of halogens is 2. The molecule has 21 heavy (non-hydrogen) atoms. The molecule has 0 aliphatic rings. The number of hydrogen-bond acceptors (Lipinski definition) is 3. The number of phenols is 1. The van der Waals surface area contributed by atoms with Gasteiger partial charge in [-0.05, 0) is 36.4 Å². The van der Waals surface area contributed by atoms with Gasteiger partial charge in [0, 0.05) is 5.02 Å². The van der Waals surface area contributed by atoms with E-state index in [1.165, 1.54) is 24.3 Å². The monoisotopic (exact) mass is 325 g/mol. The first-order valence-electron chi connectivity index (χ1n) is 5.71. The van der Waals surface area contributed by atoms with Gasteiger partial charge in [-0.25, -0.2) is 4.79 Å². The van der Waals surface area contributed by atoms with Crippen molar-refractivity contribution < 1.29 is 19.8 Å². The lowest BCUT2D eigenvalue weighted by Crippen LogP contribution is -2.13. The number of anilines is 1. The van der Waals surface area contributed by atoms with Crippen LogP contribution in [0.5, 0.6) is 5.75 Å². The average Bonchev–Trinajstić information content (AvgIpc) is 2.43. The summed E-state index contributed by atoms with van der Waals surface area (Å²) in [6, 6.07) is 8.00. The van der Waals surface area contributed by atoms with Crippen molar-refractivity contribution in [1.82, 2.24) is 0 Å². The maximum atomic E-state index is 12.1. The van der Waals surface area contributed by atoms with Crippen LogP contribution in [0.4, 0.5) is 5.69 Å². The van der Waals surface area contributed by atoms with Crippen molar-refractivity contribution in [1.29, 1.82) is 0 Å². The number of carbonyl (C=O) groups excluding carboxylic acids is 1. The molecule has 2 aromatic carbocycles. The van der Waals surface area contributed by atoms with Crippen LogP contribution < -0.4 is 5.32 Å². The van der Waals surface area contributed by atoms with Crippen LogP contribution in [-0.4, -0.2) is 22.1 Å². The van der Waals surface area contributed by atoms with Crippen LogP contribution in [0.15, 0.2) is 36.4 Å². The molecule has 0 saturated carbocycles. The number of amides is 1. The normalized spacial score (nSPS) is 10.2. The van der Waals surface area contributed by atoms with E-state index >= 15 is 0 Å². The van der Waals surface area contributed by atoms with Gasteiger partial charge in [-0.3, -0.25) is 4.79 Å². The van der Waals surface area contributed by atoms with Crippen LogP contribution in [0.25, 0.3) is 0 Å². The van der Waals surface area contributed by atoms with Crippen LogP contribution in [0.2, 0.25) is 10.0 Å². The number of aromatic hydroxyl groups is 1. The van der Waals surface area contributed by atoms with E-state index in [0.29, 0.717) is 5.02 Å². The second-order valence-corrected chi connectivity index (χ2v) is 4.96. The molecule has 0 radical (unpaired) electrons. The van der Waals surface area contributed by atoms with Crippen molar-refractivity contribution in [3.63, 3.8) is 0 Å². The van der Waals surface area contributed by atoms with Gasteiger partial charge in [0.15, 0.2) is 0 Å². The summed E-state index contributed by atoms with van der Waals surface area (Å²) < 4.78 is 0. The quantitative estimate of drug-likeness (QED) is 0.752. The Labute approximate surface area is 129 Å². The summed E-state index contributed by atoms with van der Waals surface area (Å²) in [6.07, 6.45) is 0. The highest BCUT2D eigenvalue weighted by Crippen LogP contribution is 2.27. The minimum atomic E-state index is -1.18. The van der Waals surface area contributed by atoms with Crippen molar-refractivity contribution >= 4 is 40.8 Å². The fourth-order valence-corrected chi connectivity index (χ4v) is 2.01. The predicted octanol–water partition coefficient (Wildman–Crippen LogP) is 3.65. The number of rotatable bonds is 3. The lowest BCUT2D eigenvalue weighted by molar-refractivity contribution is 0.0696. The van der Waals surface area contributed by atoms with Gasteiger partial charge >= 0.3 is 5.97 Å². The van der Waals surface area contributed by atoms with E-state index in [0.717, 1.165) is 6.07 Å². The first kappa shape index (κ1) is 15.2. The van der Waals surface area contributed by atoms with Crippen LogP contribution in [0.3, 0.4) is 0 Å². The third-order valence-electron chi connectivity index (χ3n) is 2.67. The number of phenolic OH excluding ortho intramolecular Hbond substituents is 1. The molecule has 0 unspecified atom stereocenters. The van der Waals surface area contributed by atoms with Crippen molar-refractivity contribution in [3.05, 3.63) is 57.6 Å². The Hall–Kier alpha value is -2.24. The van der Waals surface area contributed by atoms with Gasteiger partial charge in [-0.1, -0.05) is 23.2 Å². The van der Waals surface area contributed by atoms with E-state index in [1.54, 1.807) is 6.07 Å². The van der Waals surface area contributed by atoms with Crippen molar-refractivity contribution in [3.8, 4) is 5.75 Å². The minimum absolute atomic E-state index is 0.0704. The van der Waals surface area contributed by atoms with Crippen molar-refractivity contribution in [2.75, 3.05) is 5.32 Å². The fraction of sp³-hybridized carbons (Fsp3) is 0. The van der Waals surface area contributed by atoms with Crippen LogP contribution >= 0.6 is 23.2 Å². The van der Waals surface area contributed by atoms with E-state index in [4.69, 9.17) is 28.3 Å². The number of carboxylic acid groups (broad SMARTS) is 1. The topological polar surface area (TPSA) is 86.6 Å². The zero-order chi connectivity index (χ0) is 15.6. The predicted molar refractivity (Wildman–Crippen MR) is 79.5 cm³/mol. The molecule has 0 aliphatic heterocycles. The fourth-order valence-electron chi connectivity index (χ4n) is 1.63. The van der Waals surface area contributed by atoms with Gasteiger partial charge in [0.05, 0.1) is 21.8 Å². The summed E-state index contributed by atoms with van der Waals surface area (Å²) in [5.74, 6) is -2.11. The Kier molecular flexibility index (Phi) is 4.35. The Balaban J connectivity index is 2.27. The molecule has 0 aromatic heterocycles. The average molecular weight is 326 g/mol. The minimum Gasteiger partial charge on any atom is -0.506 e. The lowest BCUT2D eigenvalue weighted by Gasteiger charge is -2.09. The van der Waals surface area contributed by atoms with Gasteiger partial charge in [0.2, 0.25) is 0 Å². The molecule has 0 heterocycles. The zero-order valence-electron chi connectivity index (χ0n) is 10.4. The molecule has 0 bridgehead atoms. The smallest absolute Gasteiger partial charge is 0.335 e. The van der Waals surface area contributed by atoms with Gasteiger partial charge < -0.3 is 15.5 Å². The highest BCUT2D eigenvalue weighted by molar-refractivity contribution is 6.36. The van der Waals surface area contributed by atoms with E-state index < -0.39 is 11.9 Å². The summed E-state index contributed by atoms with van der Waals surface area (Å²) in [5, 5.41) is 21.5. The molecule has 1 amide bonds. The molecule has 0 fully saturated rings. The maximum absolute atomic E-state index is 12.1. The molecule has 0 spiro atoms. The highest BCUT2D eigenvalue weighted by atomic mass is 35.5. The van der Waals surface area contributed by atoms with Gasteiger partial charge in [-0.2, -0.15) is 0 Å². The van der Waals surface area contributed by atoms with Crippen LogP contribution in [-0.2, 0) is 0 Å². The molecular formula is C14H9Cl2NO4. The van der Waals surface area contributed by atoms with Crippen LogP contribution in [0, 0.1) is 0 Å². The number of carboxylic acids is 1. The summed E-state index contributed by atoms with van der Waals surface area (Å²) >= 11 is 11.7. The van der Waals surface area contributed by atoms with Gasteiger partial charge in [0.25, 0.3) is 5.91 Å². The number of benzene rings is 2. The molecule has 108 valence electrons. The SMILES string of the molecule is O=C(O)c1ccc(NC(=O)c2cc(Cl)ccc2Cl)c(O)c1. The third kappa shape index (κ3) is 3.45. The summed E-state index contributed by atoms with van der Waals surface area (Å²) in [4.78, 5) is 22.8. The molecule has 2 rings (SSSR count). The van der Waals surface area contributed by atoms with E-state index in [1.807, 2.05) is 0 Å². The van der Waals surface area contributed by atoms with Crippen molar-refractivity contribution in [2.45, 2.75) is 0 Å². The Morgan fingerprint density at radius 2 is 1.76 bits per heavy atom. The molecular weight excluding hydrogens is 317 g/mol. The molecule has 0 saturated heterocycles. The van der Waals surface area contributed by atoms with Gasteiger partial charge in [-0.15, -0.1) is 0 Å². The van der Waals surface area contributed by atoms with Gasteiger partial charge in [0.1, 0.15) is 5.75 Å². The van der Waals surface area contributed by atoms with E-state index in [2.05, 4.69) is 5.32 Å². The molecule has 0 aliphatic carbocycles. The largest absolute Gasteiger partial charge is 0.506 e. The van der Waals surface area contributed by atoms with E-state index in [9.17, 15) is 14.7 Å². The Morgan fingerprint density at radius 1 is 1.05 bits per heavy atom. The molecule has 3 N–H and O–H groups in total. The standard InChI is InChI=1S/C14H9Cl2NO4/c15-8-2-3-10(16)9(6-8)13(19)17-11-4-1-7(14(20)21)5-12(11)18/h1-6,18H,(H,17,19)(H,20,21). The second-order valence-electron chi connectivity index (χ2n) is 4.12. The second kappa shape index (κ2) is 6.03. The first-order chi connectivity index (χ1) is 9.88. The number of aromatic carboxylic acids is 1. The summed E-state index contributed by atoms with van der Waals surface area (Å²) in [7, 11) is 0. The lowest BCUT2D eigenvalue weighted by atomic mass is 10.1. The summed E-state index contributed by atoms with van der Waals surface area (Å²) in [5.41, 5.74) is 0.123. The number of carbonyl (C=O) groups is 2. The molecule has 2 aromatic rings. The van der Waals surface area contributed by atoms with E-state index in [-0.39, 0.29) is 27.6 Å². The van der Waals surface area contributed by atoms with Crippen LogP contribution in [0.1, 0.15) is 20.7 Å². The highest BCUT2D eigenvalue weighted by Gasteiger charge is 2.14. The molecule has 7 heteroatoms. The third-order valence-corrected chi connectivity index (χ3v) is 3.23. The zero-order valence-corrected chi connectivity index (χ0v) is 11.9. The number of nitrogens with one attached hydrogen (secondary N) is 1. The Bertz CT molecular complexity index is 731. The molecule has 5 nitrogen and oxygen atoms in total. The van der Waals surface area contributed by atoms with Crippen molar-refractivity contribution in [2.24, 2.45) is 0 Å².